The van der Waals surface area contributed by atoms with Gasteiger partial charge < -0.3 is 18.8 Å². The maximum Gasteiger partial charge on any atom is 0.203 e. The van der Waals surface area contributed by atoms with E-state index in [0.29, 0.717) is 17.2 Å². The monoisotopic (exact) mass is 325 g/mol. The number of methoxy groups -OCH3 is 3. The smallest absolute Gasteiger partial charge is 0.203 e. The zero-order chi connectivity index (χ0) is 17.1. The van der Waals surface area contributed by atoms with E-state index < -0.39 is 0 Å². The molecular weight excluding hydrogens is 302 g/mol. The molecule has 0 radical (unpaired) electrons. The van der Waals surface area contributed by atoms with Crippen LogP contribution in [0.4, 0.5) is 0 Å². The summed E-state index contributed by atoms with van der Waals surface area (Å²) in [6.45, 7) is 3.14. The quantitative estimate of drug-likeness (QED) is 0.678. The molecule has 1 aromatic heterocycles. The number of aromatic nitrogens is 1. The van der Waals surface area contributed by atoms with E-state index in [9.17, 15) is 0 Å². The van der Waals surface area contributed by atoms with Gasteiger partial charge in [0.25, 0.3) is 0 Å². The van der Waals surface area contributed by atoms with Crippen molar-refractivity contribution >= 4 is 10.9 Å². The van der Waals surface area contributed by atoms with Crippen LogP contribution in [0.3, 0.4) is 0 Å². The molecule has 1 heterocycles. The largest absolute Gasteiger partial charge is 0.493 e. The molecule has 0 aliphatic heterocycles. The Kier molecular flexibility index (Phi) is 4.65. The number of ether oxygens (including phenoxy) is 3. The second kappa shape index (κ2) is 6.87. The van der Waals surface area contributed by atoms with Gasteiger partial charge in [-0.25, -0.2) is 0 Å². The van der Waals surface area contributed by atoms with Crippen molar-refractivity contribution in [3.63, 3.8) is 0 Å². The lowest BCUT2D eigenvalue weighted by Gasteiger charge is -2.14. The maximum atomic E-state index is 5.44. The molecule has 0 N–H and O–H groups in total. The van der Waals surface area contributed by atoms with Gasteiger partial charge in [0.05, 0.1) is 21.3 Å². The van der Waals surface area contributed by atoms with Crippen LogP contribution in [0.15, 0.2) is 42.6 Å². The molecule has 3 aromatic rings. The summed E-state index contributed by atoms with van der Waals surface area (Å²) in [6, 6.07) is 12.8. The summed E-state index contributed by atoms with van der Waals surface area (Å²) < 4.78 is 18.5. The van der Waals surface area contributed by atoms with Crippen LogP contribution in [-0.4, -0.2) is 25.9 Å². The van der Waals surface area contributed by atoms with Crippen molar-refractivity contribution in [3.8, 4) is 17.2 Å². The lowest BCUT2D eigenvalue weighted by molar-refractivity contribution is 0.324. The van der Waals surface area contributed by atoms with Gasteiger partial charge >= 0.3 is 0 Å². The molecule has 4 nitrogen and oxygen atoms in total. The van der Waals surface area contributed by atoms with Crippen LogP contribution in [0, 0.1) is 0 Å². The molecule has 2 aromatic carbocycles. The van der Waals surface area contributed by atoms with Crippen LogP contribution in [0.5, 0.6) is 17.2 Å². The number of benzene rings is 2. The SMILES string of the molecule is CCn1ccc2cc(Cc3cc(OC)c(OC)c(OC)c3)ccc21. The Hall–Kier alpha value is -2.62. The molecule has 4 heteroatoms. The third-order valence-corrected chi connectivity index (χ3v) is 4.31. The van der Waals surface area contributed by atoms with E-state index >= 15 is 0 Å². The minimum Gasteiger partial charge on any atom is -0.493 e. The molecule has 0 amide bonds. The Bertz CT molecular complexity index is 826. The van der Waals surface area contributed by atoms with Crippen molar-refractivity contribution in [2.45, 2.75) is 19.9 Å². The van der Waals surface area contributed by atoms with Crippen LogP contribution in [-0.2, 0) is 13.0 Å². The summed E-state index contributed by atoms with van der Waals surface area (Å²) in [7, 11) is 4.90. The van der Waals surface area contributed by atoms with E-state index in [2.05, 4.69) is 42.0 Å². The van der Waals surface area contributed by atoms with Crippen molar-refractivity contribution in [2.75, 3.05) is 21.3 Å². The highest BCUT2D eigenvalue weighted by atomic mass is 16.5. The van der Waals surface area contributed by atoms with Gasteiger partial charge in [0, 0.05) is 18.3 Å². The third-order valence-electron chi connectivity index (χ3n) is 4.31. The minimum absolute atomic E-state index is 0.624. The molecule has 0 bridgehead atoms. The van der Waals surface area contributed by atoms with Gasteiger partial charge in [0.2, 0.25) is 5.75 Å². The van der Waals surface area contributed by atoms with Crippen molar-refractivity contribution in [1.29, 1.82) is 0 Å². The number of fused-ring (bicyclic) bond motifs is 1. The Labute approximate surface area is 142 Å². The number of aryl methyl sites for hydroxylation is 1. The first-order chi connectivity index (χ1) is 11.7. The minimum atomic E-state index is 0.624. The fraction of sp³-hybridized carbons (Fsp3) is 0.300. The van der Waals surface area contributed by atoms with Crippen LogP contribution in [0.1, 0.15) is 18.1 Å². The molecule has 126 valence electrons. The van der Waals surface area contributed by atoms with Crippen molar-refractivity contribution in [3.05, 3.63) is 53.7 Å². The topological polar surface area (TPSA) is 32.6 Å². The van der Waals surface area contributed by atoms with Crippen molar-refractivity contribution < 1.29 is 14.2 Å². The molecule has 0 fully saturated rings. The van der Waals surface area contributed by atoms with Crippen LogP contribution < -0.4 is 14.2 Å². The van der Waals surface area contributed by atoms with Gasteiger partial charge in [0.15, 0.2) is 11.5 Å². The first-order valence-corrected chi connectivity index (χ1v) is 8.06. The molecule has 3 rings (SSSR count). The lowest BCUT2D eigenvalue weighted by atomic mass is 10.0. The van der Waals surface area contributed by atoms with Gasteiger partial charge in [0.1, 0.15) is 0 Å². The summed E-state index contributed by atoms with van der Waals surface area (Å²) >= 11 is 0. The Balaban J connectivity index is 1.95. The molecular formula is C20H23NO3. The van der Waals surface area contributed by atoms with E-state index in [0.717, 1.165) is 18.5 Å². The average Bonchev–Trinajstić information content (AvgIpc) is 3.03. The molecule has 0 atom stereocenters. The Morgan fingerprint density at radius 3 is 2.12 bits per heavy atom. The van der Waals surface area contributed by atoms with Crippen molar-refractivity contribution in [2.24, 2.45) is 0 Å². The summed E-state index contributed by atoms with van der Waals surface area (Å²) in [5, 5.41) is 1.27. The van der Waals surface area contributed by atoms with Gasteiger partial charge in [-0.1, -0.05) is 6.07 Å². The van der Waals surface area contributed by atoms with Crippen LogP contribution in [0.25, 0.3) is 10.9 Å². The van der Waals surface area contributed by atoms with Gasteiger partial charge in [-0.05, 0) is 60.2 Å². The highest BCUT2D eigenvalue weighted by molar-refractivity contribution is 5.81. The third kappa shape index (κ3) is 2.92. The van der Waals surface area contributed by atoms with E-state index in [4.69, 9.17) is 14.2 Å². The Morgan fingerprint density at radius 1 is 0.833 bits per heavy atom. The summed E-state index contributed by atoms with van der Waals surface area (Å²) in [5.74, 6) is 1.99. The van der Waals surface area contributed by atoms with E-state index in [1.165, 1.54) is 16.5 Å². The normalized spacial score (nSPS) is 10.8. The second-order valence-electron chi connectivity index (χ2n) is 5.71. The first-order valence-electron chi connectivity index (χ1n) is 8.06. The molecule has 0 spiro atoms. The van der Waals surface area contributed by atoms with Crippen LogP contribution >= 0.6 is 0 Å². The number of hydrogen-bond acceptors (Lipinski definition) is 3. The summed E-state index contributed by atoms with van der Waals surface area (Å²) in [4.78, 5) is 0. The highest BCUT2D eigenvalue weighted by Crippen LogP contribution is 2.38. The highest BCUT2D eigenvalue weighted by Gasteiger charge is 2.13. The predicted molar refractivity (Wildman–Crippen MR) is 96.5 cm³/mol. The van der Waals surface area contributed by atoms with E-state index in [1.54, 1.807) is 21.3 Å². The molecule has 0 unspecified atom stereocenters. The maximum absolute atomic E-state index is 5.44. The summed E-state index contributed by atoms with van der Waals surface area (Å²) in [6.07, 6.45) is 2.94. The number of nitrogens with zero attached hydrogens (tertiary/aromatic N) is 1. The lowest BCUT2D eigenvalue weighted by Crippen LogP contribution is -1.98. The summed E-state index contributed by atoms with van der Waals surface area (Å²) in [5.41, 5.74) is 3.65. The second-order valence-corrected chi connectivity index (χ2v) is 5.71. The molecule has 0 aliphatic carbocycles. The Morgan fingerprint density at radius 2 is 1.54 bits per heavy atom. The zero-order valence-electron chi connectivity index (χ0n) is 14.6. The van der Waals surface area contributed by atoms with Gasteiger partial charge in [-0.2, -0.15) is 0 Å². The van der Waals surface area contributed by atoms with Crippen molar-refractivity contribution in [1.82, 2.24) is 4.57 Å². The van der Waals surface area contributed by atoms with Gasteiger partial charge in [-0.3, -0.25) is 0 Å². The standard InChI is InChI=1S/C20H23NO3/c1-5-21-9-8-16-11-14(6-7-17(16)21)10-15-12-18(22-2)20(24-4)19(13-15)23-3/h6-9,11-13H,5,10H2,1-4H3. The molecule has 0 saturated heterocycles. The van der Waals surface area contributed by atoms with Gasteiger partial charge in [-0.15, -0.1) is 0 Å². The number of rotatable bonds is 6. The molecule has 24 heavy (non-hydrogen) atoms. The predicted octanol–water partition coefficient (Wildman–Crippen LogP) is 4.28. The zero-order valence-corrected chi connectivity index (χ0v) is 14.6. The fourth-order valence-corrected chi connectivity index (χ4v) is 3.11. The first kappa shape index (κ1) is 16.2. The molecule has 0 aliphatic rings. The van der Waals surface area contributed by atoms with E-state index in [1.807, 2.05) is 12.1 Å². The number of hydrogen-bond donors (Lipinski definition) is 0. The fourth-order valence-electron chi connectivity index (χ4n) is 3.11. The molecule has 0 saturated carbocycles. The van der Waals surface area contributed by atoms with Crippen LogP contribution in [0.2, 0.25) is 0 Å². The van der Waals surface area contributed by atoms with E-state index in [-0.39, 0.29) is 0 Å². The average molecular weight is 325 g/mol.